The van der Waals surface area contributed by atoms with Gasteiger partial charge >= 0.3 is 5.97 Å². The van der Waals surface area contributed by atoms with E-state index in [1.165, 1.54) is 24.4 Å². The zero-order valence-corrected chi connectivity index (χ0v) is 11.0. The summed E-state index contributed by atoms with van der Waals surface area (Å²) in [6.07, 6.45) is 2.40. The van der Waals surface area contributed by atoms with E-state index in [9.17, 15) is 4.79 Å². The molecule has 5 nitrogen and oxygen atoms in total. The molecule has 1 aromatic carbocycles. The lowest BCUT2D eigenvalue weighted by Gasteiger charge is -2.02. The molecule has 0 atom stereocenters. The molecule has 6 heteroatoms. The number of aromatic nitrogens is 2. The Morgan fingerprint density at radius 2 is 2.11 bits per heavy atom. The summed E-state index contributed by atoms with van der Waals surface area (Å²) in [4.78, 5) is 15.2. The van der Waals surface area contributed by atoms with Crippen LogP contribution in [0.2, 0.25) is 0 Å². The number of anilines is 1. The first-order valence-corrected chi connectivity index (χ1v) is 6.89. The van der Waals surface area contributed by atoms with Crippen molar-refractivity contribution < 1.29 is 9.90 Å². The number of benzene rings is 1. The first kappa shape index (κ1) is 12.1. The summed E-state index contributed by atoms with van der Waals surface area (Å²) in [7, 11) is 0. The Morgan fingerprint density at radius 3 is 2.74 bits per heavy atom. The molecule has 98 valence electrons. The molecule has 1 fully saturated rings. The highest BCUT2D eigenvalue weighted by molar-refractivity contribution is 7.09. The summed E-state index contributed by atoms with van der Waals surface area (Å²) >= 11 is 1.38. The molecule has 2 N–H and O–H groups in total. The molecule has 3 rings (SSSR count). The van der Waals surface area contributed by atoms with Crippen LogP contribution in [-0.2, 0) is 6.54 Å². The zero-order chi connectivity index (χ0) is 13.2. The van der Waals surface area contributed by atoms with E-state index in [2.05, 4.69) is 14.7 Å². The fourth-order valence-electron chi connectivity index (χ4n) is 1.76. The van der Waals surface area contributed by atoms with Crippen LogP contribution in [0, 0.1) is 0 Å². The van der Waals surface area contributed by atoms with Crippen LogP contribution in [0.1, 0.15) is 40.5 Å². The van der Waals surface area contributed by atoms with Gasteiger partial charge in [-0.3, -0.25) is 0 Å². The normalized spacial score (nSPS) is 14.3. The predicted molar refractivity (Wildman–Crippen MR) is 72.6 cm³/mol. The van der Waals surface area contributed by atoms with Crippen molar-refractivity contribution in [3.05, 3.63) is 41.2 Å². The standard InChI is InChI=1S/C13H13N3O2S/c17-12(18)10-3-1-8(2-4-10)7-14-13-15-11(16-19-13)9-5-6-9/h1-4,9H,5-7H2,(H,17,18)(H,14,15,16). The summed E-state index contributed by atoms with van der Waals surface area (Å²) in [5.74, 6) is 0.619. The molecule has 1 aliphatic rings. The number of nitrogens with zero attached hydrogens (tertiary/aromatic N) is 2. The van der Waals surface area contributed by atoms with E-state index in [4.69, 9.17) is 5.11 Å². The Bertz CT molecular complexity index is 590. The summed E-state index contributed by atoms with van der Waals surface area (Å²) < 4.78 is 4.32. The van der Waals surface area contributed by atoms with Crippen LogP contribution >= 0.6 is 11.5 Å². The Balaban J connectivity index is 1.59. The predicted octanol–water partition coefficient (Wildman–Crippen LogP) is 2.73. The van der Waals surface area contributed by atoms with E-state index in [1.54, 1.807) is 24.3 Å². The average Bonchev–Trinajstić information content (AvgIpc) is 3.16. The number of hydrogen-bond acceptors (Lipinski definition) is 5. The van der Waals surface area contributed by atoms with Crippen molar-refractivity contribution in [1.82, 2.24) is 9.36 Å². The lowest BCUT2D eigenvalue weighted by molar-refractivity contribution is 0.0697. The summed E-state index contributed by atoms with van der Waals surface area (Å²) in [5, 5.41) is 12.8. The van der Waals surface area contributed by atoms with Crippen molar-refractivity contribution >= 4 is 22.6 Å². The van der Waals surface area contributed by atoms with Crippen LogP contribution in [0.4, 0.5) is 5.13 Å². The maximum atomic E-state index is 10.7. The minimum Gasteiger partial charge on any atom is -0.478 e. The number of carboxylic acid groups (broad SMARTS) is 1. The van der Waals surface area contributed by atoms with Gasteiger partial charge in [-0.15, -0.1) is 0 Å². The second-order valence-corrected chi connectivity index (χ2v) is 5.34. The Kier molecular flexibility index (Phi) is 3.16. The fraction of sp³-hybridized carbons (Fsp3) is 0.308. The Hall–Kier alpha value is -1.95. The van der Waals surface area contributed by atoms with Gasteiger partial charge in [0.2, 0.25) is 5.13 Å². The Morgan fingerprint density at radius 1 is 1.37 bits per heavy atom. The maximum Gasteiger partial charge on any atom is 0.335 e. The fourth-order valence-corrected chi connectivity index (χ4v) is 2.40. The Labute approximate surface area is 114 Å². The van der Waals surface area contributed by atoms with E-state index in [-0.39, 0.29) is 0 Å². The summed E-state index contributed by atoms with van der Waals surface area (Å²) in [6, 6.07) is 6.82. The maximum absolute atomic E-state index is 10.7. The van der Waals surface area contributed by atoms with Gasteiger partial charge in [-0.25, -0.2) is 9.78 Å². The van der Waals surface area contributed by atoms with Gasteiger partial charge in [0.15, 0.2) is 0 Å². The molecule has 0 amide bonds. The first-order chi connectivity index (χ1) is 9.22. The van der Waals surface area contributed by atoms with Gasteiger partial charge in [-0.05, 0) is 30.5 Å². The van der Waals surface area contributed by atoms with Gasteiger partial charge in [0.1, 0.15) is 5.82 Å². The van der Waals surface area contributed by atoms with E-state index in [1.807, 2.05) is 0 Å². The van der Waals surface area contributed by atoms with Crippen LogP contribution in [0.25, 0.3) is 0 Å². The highest BCUT2D eigenvalue weighted by Crippen LogP contribution is 2.39. The number of rotatable bonds is 5. The van der Waals surface area contributed by atoms with E-state index < -0.39 is 5.97 Å². The highest BCUT2D eigenvalue weighted by atomic mass is 32.1. The molecule has 1 saturated carbocycles. The molecule has 1 aromatic heterocycles. The third kappa shape index (κ3) is 2.90. The van der Waals surface area contributed by atoms with Crippen molar-refractivity contribution in [3.8, 4) is 0 Å². The van der Waals surface area contributed by atoms with Gasteiger partial charge in [0.25, 0.3) is 0 Å². The molecule has 0 saturated heterocycles. The van der Waals surface area contributed by atoms with Crippen LogP contribution in [0.3, 0.4) is 0 Å². The largest absolute Gasteiger partial charge is 0.478 e. The van der Waals surface area contributed by atoms with Crippen molar-refractivity contribution in [2.75, 3.05) is 5.32 Å². The number of nitrogens with one attached hydrogen (secondary N) is 1. The number of aromatic carboxylic acids is 1. The molecular formula is C13H13N3O2S. The van der Waals surface area contributed by atoms with Gasteiger partial charge in [0, 0.05) is 24.0 Å². The topological polar surface area (TPSA) is 75.1 Å². The van der Waals surface area contributed by atoms with Crippen molar-refractivity contribution in [2.45, 2.75) is 25.3 Å². The third-order valence-corrected chi connectivity index (χ3v) is 3.72. The summed E-state index contributed by atoms with van der Waals surface area (Å²) in [6.45, 7) is 0.624. The van der Waals surface area contributed by atoms with Crippen LogP contribution in [0.5, 0.6) is 0 Å². The number of hydrogen-bond donors (Lipinski definition) is 2. The molecule has 0 aliphatic heterocycles. The molecule has 0 unspecified atom stereocenters. The first-order valence-electron chi connectivity index (χ1n) is 6.12. The van der Waals surface area contributed by atoms with Gasteiger partial charge in [-0.2, -0.15) is 4.37 Å². The molecule has 1 aliphatic carbocycles. The van der Waals surface area contributed by atoms with E-state index in [0.29, 0.717) is 18.0 Å². The molecular weight excluding hydrogens is 262 g/mol. The minimum absolute atomic E-state index is 0.302. The highest BCUT2D eigenvalue weighted by Gasteiger charge is 2.27. The molecule has 0 spiro atoms. The summed E-state index contributed by atoms with van der Waals surface area (Å²) in [5.41, 5.74) is 1.32. The molecule has 2 aromatic rings. The van der Waals surface area contributed by atoms with E-state index >= 15 is 0 Å². The van der Waals surface area contributed by atoms with Crippen molar-refractivity contribution in [2.24, 2.45) is 0 Å². The van der Waals surface area contributed by atoms with E-state index in [0.717, 1.165) is 16.5 Å². The van der Waals surface area contributed by atoms with Crippen molar-refractivity contribution in [1.29, 1.82) is 0 Å². The van der Waals surface area contributed by atoms with Crippen LogP contribution in [0.15, 0.2) is 24.3 Å². The van der Waals surface area contributed by atoms with Crippen LogP contribution in [-0.4, -0.2) is 20.4 Å². The molecule has 0 bridgehead atoms. The quantitative estimate of drug-likeness (QED) is 0.877. The molecule has 19 heavy (non-hydrogen) atoms. The van der Waals surface area contributed by atoms with Gasteiger partial charge in [-0.1, -0.05) is 12.1 Å². The molecule has 1 heterocycles. The smallest absolute Gasteiger partial charge is 0.335 e. The SMILES string of the molecule is O=C(O)c1ccc(CNc2nc(C3CC3)ns2)cc1. The lowest BCUT2D eigenvalue weighted by atomic mass is 10.1. The second-order valence-electron chi connectivity index (χ2n) is 4.59. The number of carbonyl (C=O) groups is 1. The van der Waals surface area contributed by atoms with Gasteiger partial charge in [0.05, 0.1) is 5.56 Å². The van der Waals surface area contributed by atoms with Crippen molar-refractivity contribution in [3.63, 3.8) is 0 Å². The number of carboxylic acids is 1. The monoisotopic (exact) mass is 275 g/mol. The van der Waals surface area contributed by atoms with Crippen LogP contribution < -0.4 is 5.32 Å². The zero-order valence-electron chi connectivity index (χ0n) is 10.2. The van der Waals surface area contributed by atoms with Gasteiger partial charge < -0.3 is 10.4 Å². The second kappa shape index (κ2) is 4.97. The minimum atomic E-state index is -0.905. The molecule has 0 radical (unpaired) electrons. The third-order valence-electron chi connectivity index (χ3n) is 3.03. The lowest BCUT2D eigenvalue weighted by Crippen LogP contribution is -2.01. The average molecular weight is 275 g/mol.